The van der Waals surface area contributed by atoms with Crippen LogP contribution in [0.1, 0.15) is 28.4 Å². The molecule has 22 heavy (non-hydrogen) atoms. The van der Waals surface area contributed by atoms with Crippen molar-refractivity contribution in [3.05, 3.63) is 65.4 Å². The zero-order valence-electron chi connectivity index (χ0n) is 13.1. The van der Waals surface area contributed by atoms with Crippen LogP contribution in [0.5, 0.6) is 0 Å². The van der Waals surface area contributed by atoms with E-state index in [2.05, 4.69) is 36.3 Å². The lowest BCUT2D eigenvalue weighted by Crippen LogP contribution is -2.26. The molecule has 112 valence electrons. The third-order valence-electron chi connectivity index (χ3n) is 4.00. The summed E-state index contributed by atoms with van der Waals surface area (Å²) < 4.78 is 0. The molecule has 0 bridgehead atoms. The van der Waals surface area contributed by atoms with Gasteiger partial charge in [0.05, 0.1) is 6.04 Å². The number of hydrogen-bond acceptors (Lipinski definition) is 2. The normalized spacial score (nSPS) is 12.3. The minimum absolute atomic E-state index is 0.0948. The maximum atomic E-state index is 12.7. The Morgan fingerprint density at radius 3 is 2.68 bits per heavy atom. The van der Waals surface area contributed by atoms with E-state index in [1.54, 1.807) is 6.20 Å². The number of carbonyl (C=O) groups excluding carboxylic acids is 1. The van der Waals surface area contributed by atoms with Crippen molar-refractivity contribution >= 4 is 22.4 Å². The van der Waals surface area contributed by atoms with Gasteiger partial charge < -0.3 is 10.3 Å². The third kappa shape index (κ3) is 2.62. The largest absolute Gasteiger partial charge is 0.375 e. The third-order valence-corrected chi connectivity index (χ3v) is 4.00. The molecule has 1 atom stereocenters. The fourth-order valence-corrected chi connectivity index (χ4v) is 2.78. The molecule has 2 aromatic carbocycles. The number of aryl methyl sites for hydroxylation is 2. The van der Waals surface area contributed by atoms with Gasteiger partial charge in [-0.1, -0.05) is 35.9 Å². The number of benzene rings is 2. The monoisotopic (exact) mass is 292 g/mol. The first-order chi connectivity index (χ1) is 10.6. The molecule has 3 rings (SSSR count). The molecule has 3 aromatic rings. The van der Waals surface area contributed by atoms with Gasteiger partial charge in [-0.2, -0.15) is 0 Å². The minimum atomic E-state index is -0.277. The number of fused-ring (bicyclic) bond motifs is 1. The molecule has 0 amide bonds. The molecule has 1 aromatic heterocycles. The smallest absolute Gasteiger partial charge is 0.186 e. The summed E-state index contributed by atoms with van der Waals surface area (Å²) in [5.74, 6) is 0.0948. The van der Waals surface area contributed by atoms with Gasteiger partial charge in [-0.05, 0) is 38.5 Å². The van der Waals surface area contributed by atoms with E-state index in [9.17, 15) is 4.79 Å². The SMILES string of the molecule is Cc1ccc(N[C@H](C)C(=O)c2c[nH]c3ccccc23)c(C)c1. The first kappa shape index (κ1) is 14.4. The number of Topliss-reactive ketones (excluding diaryl/α,β-unsaturated/α-hetero) is 1. The van der Waals surface area contributed by atoms with Crippen molar-refractivity contribution < 1.29 is 4.79 Å². The number of carbonyl (C=O) groups is 1. The van der Waals surface area contributed by atoms with Crippen molar-refractivity contribution in [1.29, 1.82) is 0 Å². The Hall–Kier alpha value is -2.55. The number of hydrogen-bond donors (Lipinski definition) is 2. The van der Waals surface area contributed by atoms with Crippen molar-refractivity contribution in [2.45, 2.75) is 26.8 Å². The Morgan fingerprint density at radius 2 is 1.91 bits per heavy atom. The highest BCUT2D eigenvalue weighted by Gasteiger charge is 2.19. The summed E-state index contributed by atoms with van der Waals surface area (Å²) in [5.41, 5.74) is 5.11. The summed E-state index contributed by atoms with van der Waals surface area (Å²) in [5, 5.41) is 4.30. The van der Waals surface area contributed by atoms with E-state index in [1.807, 2.05) is 37.3 Å². The van der Waals surface area contributed by atoms with Crippen molar-refractivity contribution in [2.24, 2.45) is 0 Å². The van der Waals surface area contributed by atoms with Crippen LogP contribution in [-0.4, -0.2) is 16.8 Å². The first-order valence-corrected chi connectivity index (χ1v) is 7.50. The average molecular weight is 292 g/mol. The van der Waals surface area contributed by atoms with Gasteiger partial charge in [0.2, 0.25) is 0 Å². The van der Waals surface area contributed by atoms with Crippen LogP contribution in [0, 0.1) is 13.8 Å². The Morgan fingerprint density at radius 1 is 1.14 bits per heavy atom. The fraction of sp³-hybridized carbons (Fsp3) is 0.211. The van der Waals surface area contributed by atoms with E-state index in [1.165, 1.54) is 5.56 Å². The highest BCUT2D eigenvalue weighted by Crippen LogP contribution is 2.22. The molecule has 0 aliphatic carbocycles. The van der Waals surface area contributed by atoms with Crippen LogP contribution in [0.2, 0.25) is 0 Å². The van der Waals surface area contributed by atoms with Crippen LogP contribution in [0.25, 0.3) is 10.9 Å². The molecule has 2 N–H and O–H groups in total. The summed E-state index contributed by atoms with van der Waals surface area (Å²) in [6, 6.07) is 13.8. The standard InChI is InChI=1S/C19H20N2O/c1-12-8-9-17(13(2)10-12)21-14(3)19(22)16-11-20-18-7-5-4-6-15(16)18/h4-11,14,20-21H,1-3H3/t14-/m1/s1. The van der Waals surface area contributed by atoms with Crippen molar-refractivity contribution in [3.63, 3.8) is 0 Å². The van der Waals surface area contributed by atoms with Gasteiger partial charge in [0.1, 0.15) is 0 Å². The molecular formula is C19H20N2O. The Bertz CT molecular complexity index is 832. The fourth-order valence-electron chi connectivity index (χ4n) is 2.78. The first-order valence-electron chi connectivity index (χ1n) is 7.50. The van der Waals surface area contributed by atoms with E-state index in [0.717, 1.165) is 27.7 Å². The average Bonchev–Trinajstić information content (AvgIpc) is 2.93. The highest BCUT2D eigenvalue weighted by molar-refractivity contribution is 6.11. The van der Waals surface area contributed by atoms with Crippen LogP contribution in [0.15, 0.2) is 48.7 Å². The van der Waals surface area contributed by atoms with Crippen LogP contribution < -0.4 is 5.32 Å². The zero-order chi connectivity index (χ0) is 15.7. The predicted molar refractivity (Wildman–Crippen MR) is 91.6 cm³/mol. The van der Waals surface area contributed by atoms with E-state index in [0.29, 0.717) is 0 Å². The van der Waals surface area contributed by atoms with Crippen LogP contribution in [-0.2, 0) is 0 Å². The van der Waals surface area contributed by atoms with E-state index < -0.39 is 0 Å². The second-order valence-corrected chi connectivity index (χ2v) is 5.80. The van der Waals surface area contributed by atoms with E-state index >= 15 is 0 Å². The topological polar surface area (TPSA) is 44.9 Å². The number of para-hydroxylation sites is 1. The van der Waals surface area contributed by atoms with Crippen molar-refractivity contribution in [1.82, 2.24) is 4.98 Å². The molecule has 0 fully saturated rings. The number of H-pyrrole nitrogens is 1. The number of anilines is 1. The van der Waals surface area contributed by atoms with E-state index in [-0.39, 0.29) is 11.8 Å². The molecular weight excluding hydrogens is 272 g/mol. The lowest BCUT2D eigenvalue weighted by atomic mass is 10.0. The second kappa shape index (κ2) is 5.68. The van der Waals surface area contributed by atoms with Gasteiger partial charge >= 0.3 is 0 Å². The molecule has 1 heterocycles. The molecule has 0 unspecified atom stereocenters. The quantitative estimate of drug-likeness (QED) is 0.697. The summed E-state index contributed by atoms with van der Waals surface area (Å²) >= 11 is 0. The van der Waals surface area contributed by atoms with Crippen molar-refractivity contribution in [2.75, 3.05) is 5.32 Å². The van der Waals surface area contributed by atoms with Gasteiger partial charge in [-0.15, -0.1) is 0 Å². The van der Waals surface area contributed by atoms with E-state index in [4.69, 9.17) is 0 Å². The van der Waals surface area contributed by atoms with Crippen LogP contribution >= 0.6 is 0 Å². The number of aromatic amines is 1. The molecule has 0 saturated heterocycles. The molecule has 0 radical (unpaired) electrons. The predicted octanol–water partition coefficient (Wildman–Crippen LogP) is 4.47. The molecule has 0 aliphatic heterocycles. The number of ketones is 1. The van der Waals surface area contributed by atoms with Gasteiger partial charge in [-0.25, -0.2) is 0 Å². The molecule has 3 heteroatoms. The van der Waals surface area contributed by atoms with Gasteiger partial charge in [0, 0.05) is 28.4 Å². The number of nitrogens with one attached hydrogen (secondary N) is 2. The molecule has 0 spiro atoms. The number of rotatable bonds is 4. The summed E-state index contributed by atoms with van der Waals surface area (Å²) in [6.07, 6.45) is 1.80. The van der Waals surface area contributed by atoms with Gasteiger partial charge in [0.15, 0.2) is 5.78 Å². The summed E-state index contributed by atoms with van der Waals surface area (Å²) in [4.78, 5) is 15.9. The summed E-state index contributed by atoms with van der Waals surface area (Å²) in [7, 11) is 0. The molecule has 0 saturated carbocycles. The Kier molecular flexibility index (Phi) is 3.72. The lowest BCUT2D eigenvalue weighted by Gasteiger charge is -2.16. The maximum absolute atomic E-state index is 12.7. The van der Waals surface area contributed by atoms with Crippen LogP contribution in [0.3, 0.4) is 0 Å². The Labute approximate surface area is 130 Å². The summed E-state index contributed by atoms with van der Waals surface area (Å²) in [6.45, 7) is 6.03. The molecule has 3 nitrogen and oxygen atoms in total. The van der Waals surface area contributed by atoms with Gasteiger partial charge in [0.25, 0.3) is 0 Å². The lowest BCUT2D eigenvalue weighted by molar-refractivity contribution is 0.0977. The second-order valence-electron chi connectivity index (χ2n) is 5.80. The number of aromatic nitrogens is 1. The zero-order valence-corrected chi connectivity index (χ0v) is 13.1. The molecule has 0 aliphatic rings. The maximum Gasteiger partial charge on any atom is 0.186 e. The van der Waals surface area contributed by atoms with Crippen molar-refractivity contribution in [3.8, 4) is 0 Å². The van der Waals surface area contributed by atoms with Gasteiger partial charge in [-0.3, -0.25) is 4.79 Å². The minimum Gasteiger partial charge on any atom is -0.375 e. The highest BCUT2D eigenvalue weighted by atomic mass is 16.1. The Balaban J connectivity index is 1.85. The van der Waals surface area contributed by atoms with Crippen LogP contribution in [0.4, 0.5) is 5.69 Å².